The van der Waals surface area contributed by atoms with Crippen LogP contribution < -0.4 is 4.90 Å². The molecule has 0 bridgehead atoms. The number of hydrogen-bond donors (Lipinski definition) is 0. The molecule has 1 amide bonds. The van der Waals surface area contributed by atoms with Crippen molar-refractivity contribution in [2.75, 3.05) is 31.8 Å². The molecule has 6 heteroatoms. The molecule has 0 radical (unpaired) electrons. The van der Waals surface area contributed by atoms with Crippen LogP contribution in [-0.2, 0) is 20.9 Å². The summed E-state index contributed by atoms with van der Waals surface area (Å²) < 4.78 is 37.3. The fourth-order valence-corrected chi connectivity index (χ4v) is 2.75. The topological polar surface area (TPSA) is 38.8 Å². The third kappa shape index (κ3) is 3.44. The minimum Gasteiger partial charge on any atom is -0.383 e. The van der Waals surface area contributed by atoms with E-state index in [1.807, 2.05) is 0 Å². The summed E-state index contributed by atoms with van der Waals surface area (Å²) in [6.07, 6.45) is 0. The van der Waals surface area contributed by atoms with Crippen molar-refractivity contribution in [3.63, 3.8) is 0 Å². The first-order chi connectivity index (χ1) is 11.6. The third-order valence-corrected chi connectivity index (χ3v) is 3.87. The molecule has 0 saturated heterocycles. The number of fused-ring (bicyclic) bond motifs is 1. The molecule has 126 valence electrons. The Hall–Kier alpha value is -2.31. The highest BCUT2D eigenvalue weighted by Crippen LogP contribution is 2.30. The molecule has 1 aliphatic rings. The van der Waals surface area contributed by atoms with Crippen molar-refractivity contribution >= 4 is 11.6 Å². The van der Waals surface area contributed by atoms with Crippen LogP contribution in [0.3, 0.4) is 0 Å². The van der Waals surface area contributed by atoms with Gasteiger partial charge in [-0.25, -0.2) is 8.78 Å². The van der Waals surface area contributed by atoms with E-state index >= 15 is 0 Å². The van der Waals surface area contributed by atoms with E-state index in [1.54, 1.807) is 30.2 Å². The second-order valence-corrected chi connectivity index (χ2v) is 5.53. The van der Waals surface area contributed by atoms with Gasteiger partial charge in [-0.05, 0) is 35.4 Å². The highest BCUT2D eigenvalue weighted by molar-refractivity contribution is 5.96. The summed E-state index contributed by atoms with van der Waals surface area (Å²) in [4.78, 5) is 13.8. The lowest BCUT2D eigenvalue weighted by Crippen LogP contribution is -2.35. The number of halogens is 2. The van der Waals surface area contributed by atoms with E-state index in [0.29, 0.717) is 24.3 Å². The molecule has 0 saturated carbocycles. The Morgan fingerprint density at radius 3 is 2.54 bits per heavy atom. The molecule has 2 aromatic rings. The highest BCUT2D eigenvalue weighted by atomic mass is 19.1. The Bertz CT molecular complexity index is 744. The second-order valence-electron chi connectivity index (χ2n) is 5.53. The number of nitrogens with zero attached hydrogens (tertiary/aromatic N) is 1. The van der Waals surface area contributed by atoms with Crippen LogP contribution in [0.5, 0.6) is 0 Å². The number of rotatable bonds is 4. The maximum Gasteiger partial charge on any atom is 0.253 e. The molecular formula is C18H17F2NO3. The average Bonchev–Trinajstić information content (AvgIpc) is 2.70. The van der Waals surface area contributed by atoms with Gasteiger partial charge in [0.2, 0.25) is 0 Å². The molecule has 0 N–H and O–H groups in total. The number of amides is 1. The summed E-state index contributed by atoms with van der Waals surface area (Å²) in [5.41, 5.74) is 2.63. The van der Waals surface area contributed by atoms with Gasteiger partial charge in [0, 0.05) is 31.0 Å². The van der Waals surface area contributed by atoms with Gasteiger partial charge in [-0.15, -0.1) is 0 Å². The van der Waals surface area contributed by atoms with Gasteiger partial charge in [-0.2, -0.15) is 0 Å². The Labute approximate surface area is 138 Å². The smallest absolute Gasteiger partial charge is 0.253 e. The van der Waals surface area contributed by atoms with Crippen LogP contribution in [0.25, 0.3) is 11.1 Å². The number of anilines is 1. The maximum atomic E-state index is 13.4. The Balaban J connectivity index is 2.00. The molecule has 1 heterocycles. The van der Waals surface area contributed by atoms with Gasteiger partial charge >= 0.3 is 0 Å². The lowest BCUT2D eigenvalue weighted by Gasteiger charge is -2.22. The number of benzene rings is 2. The standard InChI is InChI=1S/C18H17F2NO3/c1-23-5-4-21-17-3-2-12(6-14(17)10-24-11-18(21)22)13-7-15(19)9-16(20)8-13/h2-3,6-9H,4-5,10-11H2,1H3. The molecule has 0 unspecified atom stereocenters. The Morgan fingerprint density at radius 1 is 1.08 bits per heavy atom. The number of carbonyl (C=O) groups is 1. The summed E-state index contributed by atoms with van der Waals surface area (Å²) >= 11 is 0. The first-order valence-electron chi connectivity index (χ1n) is 7.55. The van der Waals surface area contributed by atoms with Gasteiger partial charge in [0.25, 0.3) is 5.91 Å². The van der Waals surface area contributed by atoms with E-state index in [9.17, 15) is 13.6 Å². The van der Waals surface area contributed by atoms with E-state index in [4.69, 9.17) is 9.47 Å². The summed E-state index contributed by atoms with van der Waals surface area (Å²) in [7, 11) is 1.57. The van der Waals surface area contributed by atoms with Crippen molar-refractivity contribution in [2.24, 2.45) is 0 Å². The van der Waals surface area contributed by atoms with Gasteiger partial charge in [0.1, 0.15) is 18.2 Å². The van der Waals surface area contributed by atoms with Gasteiger partial charge in [0.05, 0.1) is 13.2 Å². The summed E-state index contributed by atoms with van der Waals surface area (Å²) in [5.74, 6) is -1.41. The monoisotopic (exact) mass is 333 g/mol. The molecule has 0 aromatic heterocycles. The number of carbonyl (C=O) groups excluding carboxylic acids is 1. The molecule has 24 heavy (non-hydrogen) atoms. The number of methoxy groups -OCH3 is 1. The molecule has 0 spiro atoms. The summed E-state index contributed by atoms with van der Waals surface area (Å²) in [6, 6.07) is 8.69. The molecule has 0 aliphatic carbocycles. The second kappa shape index (κ2) is 7.07. The zero-order chi connectivity index (χ0) is 17.1. The van der Waals surface area contributed by atoms with Crippen LogP contribution in [-0.4, -0.2) is 32.8 Å². The van der Waals surface area contributed by atoms with E-state index in [0.717, 1.165) is 17.3 Å². The first-order valence-corrected chi connectivity index (χ1v) is 7.55. The van der Waals surface area contributed by atoms with Gasteiger partial charge in [0.15, 0.2) is 0 Å². The molecule has 2 aromatic carbocycles. The predicted octanol–water partition coefficient (Wildman–Crippen LogP) is 3.14. The SMILES string of the molecule is COCCN1C(=O)COCc2cc(-c3cc(F)cc(F)c3)ccc21. The molecule has 4 nitrogen and oxygen atoms in total. The molecule has 0 fully saturated rings. The normalized spacial score (nSPS) is 14.5. The largest absolute Gasteiger partial charge is 0.383 e. The Morgan fingerprint density at radius 2 is 1.83 bits per heavy atom. The van der Waals surface area contributed by atoms with Crippen LogP contribution in [0.2, 0.25) is 0 Å². The Kier molecular flexibility index (Phi) is 4.87. The quantitative estimate of drug-likeness (QED) is 0.863. The van der Waals surface area contributed by atoms with E-state index in [-0.39, 0.29) is 19.1 Å². The van der Waals surface area contributed by atoms with Crippen LogP contribution in [0.1, 0.15) is 5.56 Å². The predicted molar refractivity (Wildman–Crippen MR) is 85.7 cm³/mol. The summed E-state index contributed by atoms with van der Waals surface area (Å²) in [5, 5.41) is 0. The number of ether oxygens (including phenoxy) is 2. The van der Waals surface area contributed by atoms with Gasteiger partial charge < -0.3 is 14.4 Å². The van der Waals surface area contributed by atoms with E-state index < -0.39 is 11.6 Å². The molecule has 3 rings (SSSR count). The average molecular weight is 333 g/mol. The maximum absolute atomic E-state index is 13.4. The van der Waals surface area contributed by atoms with E-state index in [1.165, 1.54) is 12.1 Å². The van der Waals surface area contributed by atoms with Crippen molar-refractivity contribution in [3.8, 4) is 11.1 Å². The lowest BCUT2D eigenvalue weighted by molar-refractivity contribution is -0.123. The fourth-order valence-electron chi connectivity index (χ4n) is 2.75. The van der Waals surface area contributed by atoms with Gasteiger partial charge in [-0.1, -0.05) is 6.07 Å². The van der Waals surface area contributed by atoms with Crippen molar-refractivity contribution in [1.82, 2.24) is 0 Å². The van der Waals surface area contributed by atoms with E-state index in [2.05, 4.69) is 0 Å². The summed E-state index contributed by atoms with van der Waals surface area (Å²) in [6.45, 7) is 1.07. The van der Waals surface area contributed by atoms with Crippen LogP contribution >= 0.6 is 0 Å². The van der Waals surface area contributed by atoms with Crippen molar-refractivity contribution in [2.45, 2.75) is 6.61 Å². The van der Waals surface area contributed by atoms with Crippen LogP contribution in [0.15, 0.2) is 36.4 Å². The minimum atomic E-state index is -0.631. The fraction of sp³-hybridized carbons (Fsp3) is 0.278. The van der Waals surface area contributed by atoms with Crippen molar-refractivity contribution in [3.05, 3.63) is 53.6 Å². The van der Waals surface area contributed by atoms with Crippen LogP contribution in [0.4, 0.5) is 14.5 Å². The lowest BCUT2D eigenvalue weighted by atomic mass is 10.0. The molecule has 0 atom stereocenters. The number of hydrogen-bond acceptors (Lipinski definition) is 3. The van der Waals surface area contributed by atoms with Gasteiger partial charge in [-0.3, -0.25) is 4.79 Å². The highest BCUT2D eigenvalue weighted by Gasteiger charge is 2.22. The molecular weight excluding hydrogens is 316 g/mol. The first kappa shape index (κ1) is 16.5. The third-order valence-electron chi connectivity index (χ3n) is 3.87. The zero-order valence-corrected chi connectivity index (χ0v) is 13.2. The van der Waals surface area contributed by atoms with Crippen LogP contribution in [0, 0.1) is 11.6 Å². The zero-order valence-electron chi connectivity index (χ0n) is 13.2. The molecule has 1 aliphatic heterocycles. The minimum absolute atomic E-state index is 0.0116. The van der Waals surface area contributed by atoms with Crippen molar-refractivity contribution in [1.29, 1.82) is 0 Å². The van der Waals surface area contributed by atoms with Crippen molar-refractivity contribution < 1.29 is 23.0 Å².